The van der Waals surface area contributed by atoms with E-state index in [2.05, 4.69) is 5.32 Å². The number of fused-ring (bicyclic) bond motifs is 1. The summed E-state index contributed by atoms with van der Waals surface area (Å²) in [6.45, 7) is 2.18. The number of nitrogens with one attached hydrogen (secondary N) is 1. The van der Waals surface area contributed by atoms with Crippen molar-refractivity contribution in [2.75, 3.05) is 24.5 Å². The minimum Gasteiger partial charge on any atom is -0.311 e. The fourth-order valence-corrected chi connectivity index (χ4v) is 2.58. The fourth-order valence-electron chi connectivity index (χ4n) is 2.41. The molecule has 5 heteroatoms. The molecule has 3 nitrogen and oxygen atoms in total. The Morgan fingerprint density at radius 2 is 2.21 bits per heavy atom. The van der Waals surface area contributed by atoms with Crippen LogP contribution in [0.25, 0.3) is 0 Å². The number of amides is 1. The maximum absolute atomic E-state index is 12.1. The van der Waals surface area contributed by atoms with Gasteiger partial charge in [-0.25, -0.2) is 0 Å². The van der Waals surface area contributed by atoms with Crippen molar-refractivity contribution in [2.24, 2.45) is 5.92 Å². The van der Waals surface area contributed by atoms with Crippen LogP contribution in [0.15, 0.2) is 18.2 Å². The van der Waals surface area contributed by atoms with Gasteiger partial charge in [0.15, 0.2) is 0 Å². The predicted octanol–water partition coefficient (Wildman–Crippen LogP) is 2.65. The Balaban J connectivity index is 0.00000133. The van der Waals surface area contributed by atoms with Gasteiger partial charge in [0, 0.05) is 17.3 Å². The van der Waals surface area contributed by atoms with Crippen LogP contribution in [0.5, 0.6) is 0 Å². The number of carbonyl (C=O) groups is 1. The lowest BCUT2D eigenvalue weighted by atomic mass is 10.2. The molecule has 1 aliphatic carbocycles. The summed E-state index contributed by atoms with van der Waals surface area (Å²) >= 11 is 5.99. The lowest BCUT2D eigenvalue weighted by Crippen LogP contribution is -2.37. The molecule has 0 saturated heterocycles. The van der Waals surface area contributed by atoms with Crippen molar-refractivity contribution in [1.29, 1.82) is 0 Å². The molecule has 2 aliphatic rings. The monoisotopic (exact) mass is 300 g/mol. The average molecular weight is 301 g/mol. The van der Waals surface area contributed by atoms with E-state index >= 15 is 0 Å². The molecule has 0 spiro atoms. The van der Waals surface area contributed by atoms with E-state index in [1.54, 1.807) is 0 Å². The zero-order valence-electron chi connectivity index (χ0n) is 10.7. The van der Waals surface area contributed by atoms with Gasteiger partial charge in [0.05, 0.1) is 6.54 Å². The topological polar surface area (TPSA) is 32.3 Å². The lowest BCUT2D eigenvalue weighted by Gasteiger charge is -2.17. The second-order valence-electron chi connectivity index (χ2n) is 5.14. The highest BCUT2D eigenvalue weighted by Crippen LogP contribution is 2.31. The number of hydrogen-bond donors (Lipinski definition) is 1. The molecule has 1 N–H and O–H groups in total. The molecule has 0 bridgehead atoms. The molecule has 1 fully saturated rings. The number of carbonyl (C=O) groups excluding carboxylic acids is 1. The number of nitrogens with zero attached hydrogens (tertiary/aromatic N) is 1. The normalized spacial score (nSPS) is 17.0. The van der Waals surface area contributed by atoms with Crippen LogP contribution in [0.4, 0.5) is 5.69 Å². The Kier molecular flexibility index (Phi) is 4.71. The summed E-state index contributed by atoms with van der Waals surface area (Å²) in [5, 5.41) is 3.94. The number of anilines is 1. The van der Waals surface area contributed by atoms with Crippen LogP contribution >= 0.6 is 24.0 Å². The highest BCUT2D eigenvalue weighted by atomic mass is 35.5. The number of hydrogen-bond acceptors (Lipinski definition) is 2. The molecule has 19 heavy (non-hydrogen) atoms. The van der Waals surface area contributed by atoms with Crippen molar-refractivity contribution in [3.05, 3.63) is 28.8 Å². The van der Waals surface area contributed by atoms with Gasteiger partial charge in [-0.1, -0.05) is 17.7 Å². The predicted molar refractivity (Wildman–Crippen MR) is 80.4 cm³/mol. The van der Waals surface area contributed by atoms with E-state index in [1.165, 1.54) is 18.4 Å². The summed E-state index contributed by atoms with van der Waals surface area (Å²) in [6.07, 6.45) is 3.55. The molecule has 1 saturated carbocycles. The molecule has 3 rings (SSSR count). The van der Waals surface area contributed by atoms with Crippen molar-refractivity contribution < 1.29 is 4.79 Å². The molecule has 1 heterocycles. The first kappa shape index (κ1) is 14.6. The van der Waals surface area contributed by atoms with Gasteiger partial charge >= 0.3 is 0 Å². The van der Waals surface area contributed by atoms with E-state index < -0.39 is 0 Å². The Morgan fingerprint density at radius 3 is 2.95 bits per heavy atom. The molecule has 1 aliphatic heterocycles. The summed E-state index contributed by atoms with van der Waals surface area (Å²) < 4.78 is 0. The van der Waals surface area contributed by atoms with Crippen molar-refractivity contribution in [3.63, 3.8) is 0 Å². The third-order valence-corrected chi connectivity index (χ3v) is 3.89. The van der Waals surface area contributed by atoms with E-state index in [-0.39, 0.29) is 18.3 Å². The first-order chi connectivity index (χ1) is 8.74. The summed E-state index contributed by atoms with van der Waals surface area (Å²) in [6, 6.07) is 5.80. The van der Waals surface area contributed by atoms with E-state index in [9.17, 15) is 4.79 Å². The minimum atomic E-state index is 0. The summed E-state index contributed by atoms with van der Waals surface area (Å²) in [5.41, 5.74) is 2.20. The van der Waals surface area contributed by atoms with Crippen LogP contribution in [0, 0.1) is 5.92 Å². The van der Waals surface area contributed by atoms with Crippen LogP contribution in [0.2, 0.25) is 5.02 Å². The third-order valence-electron chi connectivity index (χ3n) is 3.65. The molecule has 0 atom stereocenters. The summed E-state index contributed by atoms with van der Waals surface area (Å²) in [5.74, 6) is 0.953. The highest BCUT2D eigenvalue weighted by molar-refractivity contribution is 6.31. The zero-order chi connectivity index (χ0) is 12.5. The fraction of sp³-hybridized carbons (Fsp3) is 0.500. The second kappa shape index (κ2) is 6.12. The quantitative estimate of drug-likeness (QED) is 0.927. The van der Waals surface area contributed by atoms with E-state index in [0.29, 0.717) is 11.6 Å². The Bertz CT molecular complexity index is 475. The first-order valence-electron chi connectivity index (χ1n) is 6.53. The average Bonchev–Trinajstić information content (AvgIpc) is 3.07. The zero-order valence-corrected chi connectivity index (χ0v) is 12.3. The smallest absolute Gasteiger partial charge is 0.240 e. The van der Waals surface area contributed by atoms with Gasteiger partial charge in [0.1, 0.15) is 0 Å². The Labute approximate surface area is 124 Å². The molecular weight excluding hydrogens is 283 g/mol. The number of rotatable bonds is 4. The van der Waals surface area contributed by atoms with Gasteiger partial charge in [-0.2, -0.15) is 0 Å². The van der Waals surface area contributed by atoms with Crippen LogP contribution in [0.3, 0.4) is 0 Å². The highest BCUT2D eigenvalue weighted by Gasteiger charge is 2.25. The van der Waals surface area contributed by atoms with Gasteiger partial charge in [-0.05, 0) is 49.4 Å². The van der Waals surface area contributed by atoms with Crippen LogP contribution in [0.1, 0.15) is 18.4 Å². The van der Waals surface area contributed by atoms with Gasteiger partial charge < -0.3 is 10.2 Å². The van der Waals surface area contributed by atoms with Crippen LogP contribution < -0.4 is 10.2 Å². The maximum Gasteiger partial charge on any atom is 0.240 e. The molecule has 0 aromatic heterocycles. The van der Waals surface area contributed by atoms with Crippen LogP contribution in [-0.4, -0.2) is 25.5 Å². The molecular formula is C14H18Cl2N2O. The molecule has 0 radical (unpaired) electrons. The van der Waals surface area contributed by atoms with Crippen molar-refractivity contribution >= 4 is 35.6 Å². The second-order valence-corrected chi connectivity index (χ2v) is 5.58. The lowest BCUT2D eigenvalue weighted by molar-refractivity contribution is -0.117. The molecule has 0 unspecified atom stereocenters. The van der Waals surface area contributed by atoms with Gasteiger partial charge in [-0.3, -0.25) is 4.79 Å². The maximum atomic E-state index is 12.1. The van der Waals surface area contributed by atoms with E-state index in [0.717, 1.165) is 31.1 Å². The SMILES string of the molecule is Cl.O=C(CNCC1CC1)N1CCc2ccc(Cl)cc21. The standard InChI is InChI=1S/C14H17ClN2O.ClH/c15-12-4-3-11-5-6-17(13(11)7-12)14(18)9-16-8-10-1-2-10;/h3-4,7,10,16H,1-2,5-6,8-9H2;1H. The van der Waals surface area contributed by atoms with Crippen molar-refractivity contribution in [3.8, 4) is 0 Å². The number of halogens is 2. The summed E-state index contributed by atoms with van der Waals surface area (Å²) in [7, 11) is 0. The molecule has 1 aromatic rings. The van der Waals surface area contributed by atoms with Crippen LogP contribution in [-0.2, 0) is 11.2 Å². The Morgan fingerprint density at radius 1 is 1.42 bits per heavy atom. The molecule has 104 valence electrons. The van der Waals surface area contributed by atoms with Crippen molar-refractivity contribution in [1.82, 2.24) is 5.32 Å². The Hall–Kier alpha value is -0.770. The molecule has 1 amide bonds. The van der Waals surface area contributed by atoms with Crippen molar-refractivity contribution in [2.45, 2.75) is 19.3 Å². The molecule has 1 aromatic carbocycles. The summed E-state index contributed by atoms with van der Waals surface area (Å²) in [4.78, 5) is 14.0. The van der Waals surface area contributed by atoms with Gasteiger partial charge in [0.25, 0.3) is 0 Å². The van der Waals surface area contributed by atoms with Gasteiger partial charge in [-0.15, -0.1) is 12.4 Å². The first-order valence-corrected chi connectivity index (χ1v) is 6.91. The minimum absolute atomic E-state index is 0. The van der Waals surface area contributed by atoms with Gasteiger partial charge in [0.2, 0.25) is 5.91 Å². The van der Waals surface area contributed by atoms with E-state index in [1.807, 2.05) is 23.1 Å². The number of benzene rings is 1. The van der Waals surface area contributed by atoms with E-state index in [4.69, 9.17) is 11.6 Å². The third kappa shape index (κ3) is 3.41. The largest absolute Gasteiger partial charge is 0.311 e.